The van der Waals surface area contributed by atoms with Crippen LogP contribution in [0.25, 0.3) is 0 Å². The number of amides is 1. The smallest absolute Gasteiger partial charge is 0.338 e. The van der Waals surface area contributed by atoms with Gasteiger partial charge >= 0.3 is 5.97 Å². The van der Waals surface area contributed by atoms with E-state index in [4.69, 9.17) is 22.1 Å². The molecule has 0 saturated carbocycles. The van der Waals surface area contributed by atoms with Crippen LogP contribution in [0.3, 0.4) is 0 Å². The SMILES string of the molecule is C[C@@H](OC(=O)c1ccc(Cl)c(N)c1)C(=O)N1CCc2ccccc2C1. The Balaban J connectivity index is 1.65. The highest BCUT2D eigenvalue weighted by Crippen LogP contribution is 2.22. The Morgan fingerprint density at radius 1 is 1.20 bits per heavy atom. The Morgan fingerprint density at radius 2 is 1.92 bits per heavy atom. The first-order valence-electron chi connectivity index (χ1n) is 8.07. The molecule has 1 amide bonds. The quantitative estimate of drug-likeness (QED) is 0.676. The van der Waals surface area contributed by atoms with E-state index in [0.29, 0.717) is 23.8 Å². The van der Waals surface area contributed by atoms with E-state index in [9.17, 15) is 9.59 Å². The molecule has 0 aromatic heterocycles. The lowest BCUT2D eigenvalue weighted by atomic mass is 9.99. The van der Waals surface area contributed by atoms with Gasteiger partial charge in [-0.1, -0.05) is 35.9 Å². The lowest BCUT2D eigenvalue weighted by molar-refractivity contribution is -0.140. The summed E-state index contributed by atoms with van der Waals surface area (Å²) in [4.78, 5) is 26.5. The fraction of sp³-hybridized carbons (Fsp3) is 0.263. The Hall–Kier alpha value is -2.53. The van der Waals surface area contributed by atoms with E-state index >= 15 is 0 Å². The van der Waals surface area contributed by atoms with Gasteiger partial charge in [0.1, 0.15) is 0 Å². The predicted molar refractivity (Wildman–Crippen MR) is 96.3 cm³/mol. The number of hydrogen-bond donors (Lipinski definition) is 1. The Morgan fingerprint density at radius 3 is 2.64 bits per heavy atom. The van der Waals surface area contributed by atoms with Crippen LogP contribution in [-0.2, 0) is 22.5 Å². The maximum Gasteiger partial charge on any atom is 0.338 e. The number of carbonyl (C=O) groups is 2. The van der Waals surface area contributed by atoms with Gasteiger partial charge in [0.2, 0.25) is 0 Å². The van der Waals surface area contributed by atoms with Crippen molar-refractivity contribution in [3.63, 3.8) is 0 Å². The summed E-state index contributed by atoms with van der Waals surface area (Å²) >= 11 is 5.85. The molecular weight excluding hydrogens is 340 g/mol. The molecule has 1 aliphatic heterocycles. The molecule has 0 aliphatic carbocycles. The minimum atomic E-state index is -0.866. The minimum absolute atomic E-state index is 0.204. The first-order chi connectivity index (χ1) is 12.0. The standard InChI is InChI=1S/C19H19ClN2O3/c1-12(25-19(24)14-6-7-16(20)17(21)10-14)18(23)22-9-8-13-4-2-3-5-15(13)11-22/h2-7,10,12H,8-9,11,21H2,1H3/t12-/m1/s1. The highest BCUT2D eigenvalue weighted by molar-refractivity contribution is 6.33. The average molecular weight is 359 g/mol. The van der Waals surface area contributed by atoms with E-state index < -0.39 is 12.1 Å². The monoisotopic (exact) mass is 358 g/mol. The van der Waals surface area contributed by atoms with Crippen LogP contribution in [0.15, 0.2) is 42.5 Å². The molecule has 3 rings (SSSR count). The topological polar surface area (TPSA) is 72.6 Å². The number of hydrogen-bond acceptors (Lipinski definition) is 4. The highest BCUT2D eigenvalue weighted by Gasteiger charge is 2.27. The molecule has 1 heterocycles. The molecule has 5 nitrogen and oxygen atoms in total. The molecule has 0 saturated heterocycles. The molecule has 130 valence electrons. The fourth-order valence-corrected chi connectivity index (χ4v) is 3.01. The molecule has 0 unspecified atom stereocenters. The van der Waals surface area contributed by atoms with Crippen LogP contribution in [-0.4, -0.2) is 29.4 Å². The fourth-order valence-electron chi connectivity index (χ4n) is 2.89. The van der Waals surface area contributed by atoms with Crippen LogP contribution in [0.5, 0.6) is 0 Å². The van der Waals surface area contributed by atoms with Crippen LogP contribution in [0, 0.1) is 0 Å². The Labute approximate surface area is 151 Å². The van der Waals surface area contributed by atoms with Gasteiger partial charge < -0.3 is 15.4 Å². The molecule has 2 aromatic rings. The second-order valence-corrected chi connectivity index (χ2v) is 6.47. The second-order valence-electron chi connectivity index (χ2n) is 6.06. The van der Waals surface area contributed by atoms with Crippen molar-refractivity contribution in [1.29, 1.82) is 0 Å². The number of nitrogens with two attached hydrogens (primary N) is 1. The third kappa shape index (κ3) is 3.77. The number of anilines is 1. The molecule has 2 aromatic carbocycles. The molecule has 0 bridgehead atoms. The number of esters is 1. The maximum atomic E-state index is 12.6. The number of halogens is 1. The Bertz CT molecular complexity index is 822. The van der Waals surface area contributed by atoms with Gasteiger partial charge in [-0.25, -0.2) is 4.79 Å². The van der Waals surface area contributed by atoms with Crippen molar-refractivity contribution in [3.8, 4) is 0 Å². The number of rotatable bonds is 3. The molecule has 1 atom stereocenters. The maximum absolute atomic E-state index is 12.6. The van der Waals surface area contributed by atoms with Gasteiger partial charge in [0.25, 0.3) is 5.91 Å². The van der Waals surface area contributed by atoms with Crippen LogP contribution in [0.2, 0.25) is 5.02 Å². The molecule has 6 heteroatoms. The summed E-state index contributed by atoms with van der Waals surface area (Å²) in [5, 5.41) is 0.368. The van der Waals surface area contributed by atoms with Gasteiger partial charge in [-0.2, -0.15) is 0 Å². The average Bonchev–Trinajstić information content (AvgIpc) is 2.62. The number of nitrogens with zero attached hydrogens (tertiary/aromatic N) is 1. The van der Waals surface area contributed by atoms with E-state index in [1.807, 2.05) is 18.2 Å². The Kier molecular flexibility index (Phi) is 4.95. The van der Waals surface area contributed by atoms with Gasteiger partial charge in [0.05, 0.1) is 16.3 Å². The first kappa shape index (κ1) is 17.3. The summed E-state index contributed by atoms with van der Waals surface area (Å²) in [6.45, 7) is 2.73. The summed E-state index contributed by atoms with van der Waals surface area (Å²) in [5.41, 5.74) is 8.65. The summed E-state index contributed by atoms with van der Waals surface area (Å²) in [6, 6.07) is 12.5. The zero-order chi connectivity index (χ0) is 18.0. The third-order valence-electron chi connectivity index (χ3n) is 4.31. The van der Waals surface area contributed by atoms with Gasteiger partial charge in [0, 0.05) is 13.1 Å². The molecule has 0 spiro atoms. The molecule has 25 heavy (non-hydrogen) atoms. The molecule has 0 fully saturated rings. The van der Waals surface area contributed by atoms with Crippen molar-refractivity contribution in [3.05, 3.63) is 64.2 Å². The normalized spacial score (nSPS) is 14.6. The number of carbonyl (C=O) groups excluding carboxylic acids is 2. The van der Waals surface area contributed by atoms with Crippen molar-refractivity contribution in [2.24, 2.45) is 0 Å². The largest absolute Gasteiger partial charge is 0.449 e. The van der Waals surface area contributed by atoms with Gasteiger partial charge in [-0.3, -0.25) is 4.79 Å². The predicted octanol–water partition coefficient (Wildman–Crippen LogP) is 3.05. The molecule has 1 aliphatic rings. The van der Waals surface area contributed by atoms with Crippen molar-refractivity contribution in [2.75, 3.05) is 12.3 Å². The van der Waals surface area contributed by atoms with Crippen molar-refractivity contribution >= 4 is 29.2 Å². The zero-order valence-corrected chi connectivity index (χ0v) is 14.6. The minimum Gasteiger partial charge on any atom is -0.449 e. The number of benzene rings is 2. The number of nitrogen functional groups attached to an aromatic ring is 1. The number of fused-ring (bicyclic) bond motifs is 1. The molecular formula is C19H19ClN2O3. The third-order valence-corrected chi connectivity index (χ3v) is 4.65. The second kappa shape index (κ2) is 7.15. The van der Waals surface area contributed by atoms with Gasteiger partial charge in [-0.05, 0) is 42.7 Å². The molecule has 0 radical (unpaired) electrons. The lowest BCUT2D eigenvalue weighted by Gasteiger charge is -2.30. The summed E-state index contributed by atoms with van der Waals surface area (Å²) in [7, 11) is 0. The first-order valence-corrected chi connectivity index (χ1v) is 8.45. The van der Waals surface area contributed by atoms with E-state index in [1.165, 1.54) is 23.8 Å². The van der Waals surface area contributed by atoms with Crippen molar-refractivity contribution < 1.29 is 14.3 Å². The van der Waals surface area contributed by atoms with Crippen LogP contribution < -0.4 is 5.73 Å². The van der Waals surface area contributed by atoms with Crippen LogP contribution in [0.4, 0.5) is 5.69 Å². The van der Waals surface area contributed by atoms with E-state index in [-0.39, 0.29) is 11.5 Å². The molecule has 2 N–H and O–H groups in total. The summed E-state index contributed by atoms with van der Waals surface area (Å²) in [5.74, 6) is -0.800. The summed E-state index contributed by atoms with van der Waals surface area (Å²) in [6.07, 6.45) is -0.0642. The lowest BCUT2D eigenvalue weighted by Crippen LogP contribution is -2.42. The van der Waals surface area contributed by atoms with Crippen LogP contribution in [0.1, 0.15) is 28.4 Å². The van der Waals surface area contributed by atoms with Crippen LogP contribution >= 0.6 is 11.6 Å². The van der Waals surface area contributed by atoms with Crippen molar-refractivity contribution in [2.45, 2.75) is 26.0 Å². The number of ether oxygens (including phenoxy) is 1. The van der Waals surface area contributed by atoms with E-state index in [0.717, 1.165) is 12.0 Å². The summed E-state index contributed by atoms with van der Waals surface area (Å²) < 4.78 is 5.31. The van der Waals surface area contributed by atoms with E-state index in [2.05, 4.69) is 6.07 Å². The van der Waals surface area contributed by atoms with Crippen molar-refractivity contribution in [1.82, 2.24) is 4.90 Å². The highest BCUT2D eigenvalue weighted by atomic mass is 35.5. The van der Waals surface area contributed by atoms with E-state index in [1.54, 1.807) is 11.8 Å². The van der Waals surface area contributed by atoms with Gasteiger partial charge in [0.15, 0.2) is 6.10 Å². The zero-order valence-electron chi connectivity index (χ0n) is 13.9. The van der Waals surface area contributed by atoms with Gasteiger partial charge in [-0.15, -0.1) is 0 Å².